The van der Waals surface area contributed by atoms with Crippen LogP contribution >= 0.6 is 7.14 Å². The quantitative estimate of drug-likeness (QED) is 0.137. The molecule has 7 aromatic carbocycles. The van der Waals surface area contributed by atoms with Gasteiger partial charge in [-0.15, -0.1) is 0 Å². The van der Waals surface area contributed by atoms with Crippen molar-refractivity contribution in [3.05, 3.63) is 193 Å². The normalized spacial score (nSPS) is 18.5. The SMILES string of the molecule is CP(C)(=O)c1ccc(-c2cccc(C3(c4ccc(-c5nc(-c6ccccc6)nc(-c6ccc(-c7ccccc7-c7ccccc7)cc6)n5)cc4)CC4CCC3C4)c2)cc1. The van der Waals surface area contributed by atoms with Crippen molar-refractivity contribution in [2.45, 2.75) is 31.1 Å². The van der Waals surface area contributed by atoms with Crippen molar-refractivity contribution in [2.75, 3.05) is 13.3 Å². The first-order chi connectivity index (χ1) is 28.8. The molecule has 59 heavy (non-hydrogen) atoms. The van der Waals surface area contributed by atoms with Gasteiger partial charge in [0.1, 0.15) is 7.14 Å². The first-order valence-electron chi connectivity index (χ1n) is 20.8. The van der Waals surface area contributed by atoms with E-state index >= 15 is 0 Å². The summed E-state index contributed by atoms with van der Waals surface area (Å²) in [4.78, 5) is 15.2. The fourth-order valence-electron chi connectivity index (χ4n) is 9.86. The van der Waals surface area contributed by atoms with Crippen LogP contribution in [-0.2, 0) is 9.98 Å². The predicted molar refractivity (Wildman–Crippen MR) is 244 cm³/mol. The van der Waals surface area contributed by atoms with Crippen LogP contribution in [0.5, 0.6) is 0 Å². The predicted octanol–water partition coefficient (Wildman–Crippen LogP) is 13.2. The first-order valence-corrected chi connectivity index (χ1v) is 23.4. The fraction of sp³-hybridized carbons (Fsp3) is 0.167. The van der Waals surface area contributed by atoms with Gasteiger partial charge in [0.05, 0.1) is 0 Å². The zero-order valence-corrected chi connectivity index (χ0v) is 34.4. The van der Waals surface area contributed by atoms with Gasteiger partial charge >= 0.3 is 0 Å². The van der Waals surface area contributed by atoms with Gasteiger partial charge in [0.25, 0.3) is 0 Å². The highest BCUT2D eigenvalue weighted by Crippen LogP contribution is 2.60. The molecule has 2 aliphatic rings. The number of rotatable bonds is 9. The molecule has 2 aliphatic carbocycles. The maximum Gasteiger partial charge on any atom is 0.164 e. The van der Waals surface area contributed by atoms with Crippen molar-refractivity contribution in [3.63, 3.8) is 0 Å². The Morgan fingerprint density at radius 2 is 0.932 bits per heavy atom. The Bertz CT molecular complexity index is 2820. The molecule has 0 saturated heterocycles. The Labute approximate surface area is 347 Å². The molecule has 1 aromatic heterocycles. The molecule has 1 heterocycles. The summed E-state index contributed by atoms with van der Waals surface area (Å²) in [5.41, 5.74) is 12.7. The van der Waals surface area contributed by atoms with Crippen LogP contribution in [-0.4, -0.2) is 28.3 Å². The van der Waals surface area contributed by atoms with E-state index in [1.54, 1.807) is 0 Å². The van der Waals surface area contributed by atoms with E-state index in [1.165, 1.54) is 52.6 Å². The molecule has 5 heteroatoms. The number of benzene rings is 7. The third-order valence-corrected chi connectivity index (χ3v) is 14.4. The molecule has 3 unspecified atom stereocenters. The number of nitrogens with zero attached hydrogens (tertiary/aromatic N) is 3. The van der Waals surface area contributed by atoms with Crippen LogP contribution in [0.2, 0.25) is 0 Å². The number of hydrogen-bond donors (Lipinski definition) is 0. The van der Waals surface area contributed by atoms with E-state index in [1.807, 2.05) is 43.7 Å². The smallest absolute Gasteiger partial charge is 0.164 e. The van der Waals surface area contributed by atoms with Gasteiger partial charge in [-0.25, -0.2) is 15.0 Å². The van der Waals surface area contributed by atoms with Gasteiger partial charge in [-0.2, -0.15) is 0 Å². The summed E-state index contributed by atoms with van der Waals surface area (Å²) in [6, 6.07) is 64.5. The van der Waals surface area contributed by atoms with Crippen molar-refractivity contribution in [2.24, 2.45) is 11.8 Å². The van der Waals surface area contributed by atoms with E-state index in [0.29, 0.717) is 23.4 Å². The minimum absolute atomic E-state index is 0.0553. The highest BCUT2D eigenvalue weighted by Gasteiger charge is 2.52. The van der Waals surface area contributed by atoms with Gasteiger partial charge in [0.2, 0.25) is 0 Å². The first kappa shape index (κ1) is 37.1. The van der Waals surface area contributed by atoms with Gasteiger partial charge < -0.3 is 4.57 Å². The molecular weight excluding hydrogens is 738 g/mol. The lowest BCUT2D eigenvalue weighted by atomic mass is 9.64. The second kappa shape index (κ2) is 15.2. The van der Waals surface area contributed by atoms with E-state index in [2.05, 4.69) is 152 Å². The lowest BCUT2D eigenvalue weighted by molar-refractivity contribution is 0.320. The van der Waals surface area contributed by atoms with E-state index in [-0.39, 0.29) is 5.41 Å². The molecule has 10 rings (SSSR count). The van der Waals surface area contributed by atoms with Crippen LogP contribution < -0.4 is 5.30 Å². The topological polar surface area (TPSA) is 55.7 Å². The Kier molecular flexibility index (Phi) is 9.54. The maximum atomic E-state index is 12.7. The van der Waals surface area contributed by atoms with Crippen LogP contribution in [0.1, 0.15) is 36.8 Å². The summed E-state index contributed by atoms with van der Waals surface area (Å²) in [5.74, 6) is 3.30. The second-order valence-electron chi connectivity index (χ2n) is 16.8. The number of aromatic nitrogens is 3. The zero-order chi connectivity index (χ0) is 40.0. The van der Waals surface area contributed by atoms with Gasteiger partial charge in [0.15, 0.2) is 17.5 Å². The molecule has 0 aliphatic heterocycles. The summed E-state index contributed by atoms with van der Waals surface area (Å²) in [7, 11) is -2.31. The summed E-state index contributed by atoms with van der Waals surface area (Å²) in [6.45, 7) is 3.67. The molecule has 2 fully saturated rings. The highest BCUT2D eigenvalue weighted by molar-refractivity contribution is 7.70. The van der Waals surface area contributed by atoms with Crippen LogP contribution in [0.25, 0.3) is 67.5 Å². The number of hydrogen-bond acceptors (Lipinski definition) is 4. The highest BCUT2D eigenvalue weighted by atomic mass is 31.2. The molecule has 4 nitrogen and oxygen atoms in total. The molecule has 2 bridgehead atoms. The van der Waals surface area contributed by atoms with Crippen LogP contribution in [0.15, 0.2) is 182 Å². The molecule has 288 valence electrons. The maximum absolute atomic E-state index is 12.7. The zero-order valence-electron chi connectivity index (χ0n) is 33.5. The van der Waals surface area contributed by atoms with Crippen molar-refractivity contribution >= 4 is 12.4 Å². The summed E-state index contributed by atoms with van der Waals surface area (Å²) in [5, 5.41) is 0.918. The molecule has 3 atom stereocenters. The molecule has 2 saturated carbocycles. The Morgan fingerprint density at radius 1 is 0.458 bits per heavy atom. The van der Waals surface area contributed by atoms with Crippen LogP contribution in [0.3, 0.4) is 0 Å². The monoisotopic (exact) mass is 783 g/mol. The van der Waals surface area contributed by atoms with Crippen molar-refractivity contribution < 1.29 is 4.57 Å². The summed E-state index contributed by atoms with van der Waals surface area (Å²) < 4.78 is 12.7. The largest absolute Gasteiger partial charge is 0.319 e. The lowest BCUT2D eigenvalue weighted by Crippen LogP contribution is -2.34. The average Bonchev–Trinajstić information content (AvgIpc) is 3.93. The Morgan fingerprint density at radius 3 is 1.47 bits per heavy atom. The van der Waals surface area contributed by atoms with E-state index in [4.69, 9.17) is 15.0 Å². The van der Waals surface area contributed by atoms with Gasteiger partial charge in [-0.05, 0) is 88.9 Å². The molecule has 0 N–H and O–H groups in total. The molecule has 0 amide bonds. The summed E-state index contributed by atoms with van der Waals surface area (Å²) >= 11 is 0. The van der Waals surface area contributed by atoms with E-state index < -0.39 is 7.14 Å². The molecule has 0 spiro atoms. The second-order valence-corrected chi connectivity index (χ2v) is 20.0. The van der Waals surface area contributed by atoms with Gasteiger partial charge in [0, 0.05) is 27.4 Å². The average molecular weight is 784 g/mol. The Hall–Kier alpha value is -6.22. The molecule has 8 aromatic rings. The third-order valence-electron chi connectivity index (χ3n) is 12.8. The van der Waals surface area contributed by atoms with Gasteiger partial charge in [-0.3, -0.25) is 0 Å². The summed E-state index contributed by atoms with van der Waals surface area (Å²) in [6.07, 6.45) is 5.00. The van der Waals surface area contributed by atoms with Crippen molar-refractivity contribution in [3.8, 4) is 67.5 Å². The standard InChI is InChI=1S/C54H46N3OP/c1-59(2,58)48-32-27-38(28-33-48)44-16-11-17-46(35-44)54(36-37-20-29-47(54)34-37)45-30-25-43(26-31-45)53-56-51(41-14-7-4-8-15-41)55-52(57-53)42-23-21-40(22-24-42)50-19-10-9-18-49(50)39-12-5-3-6-13-39/h3-19,21-28,30-33,35,37,47H,20,29,34,36H2,1-2H3. The van der Waals surface area contributed by atoms with E-state index in [0.717, 1.165) is 45.5 Å². The van der Waals surface area contributed by atoms with Gasteiger partial charge in [-0.1, -0.05) is 188 Å². The minimum atomic E-state index is -2.31. The van der Waals surface area contributed by atoms with E-state index in [9.17, 15) is 4.57 Å². The third kappa shape index (κ3) is 7.06. The lowest BCUT2D eigenvalue weighted by Gasteiger charge is -2.39. The molecule has 0 radical (unpaired) electrons. The minimum Gasteiger partial charge on any atom is -0.319 e. The fourth-order valence-corrected chi connectivity index (χ4v) is 10.7. The Balaban J connectivity index is 1.01. The molecular formula is C54H46N3OP. The van der Waals surface area contributed by atoms with Crippen LogP contribution in [0, 0.1) is 11.8 Å². The van der Waals surface area contributed by atoms with Crippen molar-refractivity contribution in [1.82, 2.24) is 15.0 Å². The number of fused-ring (bicyclic) bond motifs is 2. The van der Waals surface area contributed by atoms with Crippen LogP contribution in [0.4, 0.5) is 0 Å². The van der Waals surface area contributed by atoms with Crippen molar-refractivity contribution in [1.29, 1.82) is 0 Å².